The molecule has 1 aliphatic carbocycles. The zero-order valence-electron chi connectivity index (χ0n) is 10.7. The Kier molecular flexibility index (Phi) is 3.60. The van der Waals surface area contributed by atoms with Crippen molar-refractivity contribution in [3.63, 3.8) is 0 Å². The summed E-state index contributed by atoms with van der Waals surface area (Å²) in [5.74, 6) is -0.00551. The fourth-order valence-corrected chi connectivity index (χ4v) is 2.18. The third-order valence-electron chi connectivity index (χ3n) is 2.96. The molecule has 18 heavy (non-hydrogen) atoms. The molecule has 1 aliphatic rings. The van der Waals surface area contributed by atoms with E-state index in [2.05, 4.69) is 0 Å². The first-order chi connectivity index (χ1) is 8.70. The third-order valence-corrected chi connectivity index (χ3v) is 2.96. The lowest BCUT2D eigenvalue weighted by molar-refractivity contribution is 0.0877. The van der Waals surface area contributed by atoms with E-state index in [1.54, 1.807) is 24.3 Å². The van der Waals surface area contributed by atoms with Gasteiger partial charge in [-0.2, -0.15) is 0 Å². The number of carbonyl (C=O) groups excluding carboxylic acids is 2. The van der Waals surface area contributed by atoms with Crippen molar-refractivity contribution in [2.75, 3.05) is 6.61 Å². The van der Waals surface area contributed by atoms with E-state index in [9.17, 15) is 9.59 Å². The fraction of sp³-hybridized carbons (Fsp3) is 0.333. The number of ether oxygens (including phenoxy) is 1. The molecule has 0 atom stereocenters. The minimum Gasteiger partial charge on any atom is -0.489 e. The molecule has 0 unspecified atom stereocenters. The molecule has 0 fully saturated rings. The van der Waals surface area contributed by atoms with E-state index in [1.807, 2.05) is 13.8 Å². The van der Waals surface area contributed by atoms with Crippen LogP contribution in [0.1, 0.15) is 47.4 Å². The second-order valence-corrected chi connectivity index (χ2v) is 4.19. The van der Waals surface area contributed by atoms with Gasteiger partial charge in [0, 0.05) is 16.7 Å². The van der Waals surface area contributed by atoms with Crippen LogP contribution in [0.4, 0.5) is 0 Å². The molecule has 0 amide bonds. The van der Waals surface area contributed by atoms with Crippen molar-refractivity contribution in [3.8, 4) is 0 Å². The molecule has 0 saturated carbocycles. The quantitative estimate of drug-likeness (QED) is 0.817. The number of ketones is 2. The summed E-state index contributed by atoms with van der Waals surface area (Å²) in [5, 5.41) is 0. The molecule has 3 heteroatoms. The van der Waals surface area contributed by atoms with E-state index in [4.69, 9.17) is 4.74 Å². The molecule has 0 spiro atoms. The first kappa shape index (κ1) is 12.6. The standard InChI is InChI=1S/C15H16O3/c1-3-7-12-13(16)10-8-5-6-9-11(10)14(17)15(12)18-4-2/h5-6,8-9H,3-4,7H2,1-2H3. The summed E-state index contributed by atoms with van der Waals surface area (Å²) >= 11 is 0. The number of allylic oxidation sites excluding steroid dienone is 2. The van der Waals surface area contributed by atoms with Crippen LogP contribution in [-0.4, -0.2) is 18.2 Å². The number of Topliss-reactive ketones (excluding diaryl/α,β-unsaturated/α-hetero) is 2. The number of rotatable bonds is 4. The van der Waals surface area contributed by atoms with Gasteiger partial charge >= 0.3 is 0 Å². The Morgan fingerprint density at radius 3 is 2.17 bits per heavy atom. The van der Waals surface area contributed by atoms with Crippen molar-refractivity contribution < 1.29 is 14.3 Å². The first-order valence-electron chi connectivity index (χ1n) is 6.25. The third kappa shape index (κ3) is 1.96. The molecule has 0 N–H and O–H groups in total. The van der Waals surface area contributed by atoms with Crippen LogP contribution in [0.25, 0.3) is 0 Å². The van der Waals surface area contributed by atoms with Crippen LogP contribution < -0.4 is 0 Å². The smallest absolute Gasteiger partial charge is 0.228 e. The van der Waals surface area contributed by atoms with E-state index >= 15 is 0 Å². The van der Waals surface area contributed by atoms with Crippen molar-refractivity contribution >= 4 is 11.6 Å². The van der Waals surface area contributed by atoms with Gasteiger partial charge in [0.1, 0.15) is 0 Å². The van der Waals surface area contributed by atoms with Crippen LogP contribution in [0.5, 0.6) is 0 Å². The van der Waals surface area contributed by atoms with E-state index in [0.717, 1.165) is 6.42 Å². The molecule has 0 radical (unpaired) electrons. The van der Waals surface area contributed by atoms with Crippen LogP contribution in [0.3, 0.4) is 0 Å². The average molecular weight is 244 g/mol. The molecular weight excluding hydrogens is 228 g/mol. The Labute approximate surface area is 106 Å². The van der Waals surface area contributed by atoms with Gasteiger partial charge in [-0.15, -0.1) is 0 Å². The van der Waals surface area contributed by atoms with E-state index in [1.165, 1.54) is 0 Å². The van der Waals surface area contributed by atoms with E-state index in [-0.39, 0.29) is 17.3 Å². The second-order valence-electron chi connectivity index (χ2n) is 4.19. The minimum absolute atomic E-state index is 0.0736. The topological polar surface area (TPSA) is 43.4 Å². The molecule has 2 rings (SSSR count). The molecule has 1 aromatic carbocycles. The lowest BCUT2D eigenvalue weighted by Crippen LogP contribution is -2.23. The van der Waals surface area contributed by atoms with Crippen molar-refractivity contribution in [1.29, 1.82) is 0 Å². The summed E-state index contributed by atoms with van der Waals surface area (Å²) in [6.07, 6.45) is 1.39. The Balaban J connectivity index is 2.56. The highest BCUT2D eigenvalue weighted by Crippen LogP contribution is 2.29. The average Bonchev–Trinajstić information content (AvgIpc) is 2.40. The highest BCUT2D eigenvalue weighted by Gasteiger charge is 2.32. The lowest BCUT2D eigenvalue weighted by Gasteiger charge is -2.20. The zero-order chi connectivity index (χ0) is 13.1. The molecule has 0 aliphatic heterocycles. The summed E-state index contributed by atoms with van der Waals surface area (Å²) in [6.45, 7) is 4.19. The zero-order valence-corrected chi connectivity index (χ0v) is 10.7. The summed E-state index contributed by atoms with van der Waals surface area (Å²) < 4.78 is 5.40. The number of benzene rings is 1. The number of hydrogen-bond acceptors (Lipinski definition) is 3. The molecule has 0 aromatic heterocycles. The predicted molar refractivity (Wildman–Crippen MR) is 68.7 cm³/mol. The van der Waals surface area contributed by atoms with Gasteiger partial charge in [0.05, 0.1) is 6.61 Å². The van der Waals surface area contributed by atoms with Gasteiger partial charge in [-0.05, 0) is 13.3 Å². The van der Waals surface area contributed by atoms with E-state index in [0.29, 0.717) is 29.7 Å². The maximum atomic E-state index is 12.3. The maximum Gasteiger partial charge on any atom is 0.228 e. The normalized spacial score (nSPS) is 14.8. The fourth-order valence-electron chi connectivity index (χ4n) is 2.18. The molecule has 0 saturated heterocycles. The molecule has 0 heterocycles. The largest absolute Gasteiger partial charge is 0.489 e. The molecule has 0 bridgehead atoms. The predicted octanol–water partition coefficient (Wildman–Crippen LogP) is 3.16. The first-order valence-corrected chi connectivity index (χ1v) is 6.25. The number of fused-ring (bicyclic) bond motifs is 1. The Hall–Kier alpha value is -1.90. The van der Waals surface area contributed by atoms with Crippen LogP contribution >= 0.6 is 0 Å². The molecule has 3 nitrogen and oxygen atoms in total. The van der Waals surface area contributed by atoms with Crippen molar-refractivity contribution in [1.82, 2.24) is 0 Å². The molecule has 94 valence electrons. The SMILES string of the molecule is CCCC1=C(OCC)C(=O)c2ccccc2C1=O. The second kappa shape index (κ2) is 5.17. The highest BCUT2D eigenvalue weighted by molar-refractivity contribution is 6.26. The van der Waals surface area contributed by atoms with Gasteiger partial charge in [-0.1, -0.05) is 37.6 Å². The summed E-state index contributed by atoms with van der Waals surface area (Å²) in [4.78, 5) is 24.6. The lowest BCUT2D eigenvalue weighted by atomic mass is 9.86. The monoisotopic (exact) mass is 244 g/mol. The van der Waals surface area contributed by atoms with Crippen molar-refractivity contribution in [2.24, 2.45) is 0 Å². The van der Waals surface area contributed by atoms with E-state index < -0.39 is 0 Å². The van der Waals surface area contributed by atoms with Crippen molar-refractivity contribution in [3.05, 3.63) is 46.7 Å². The molecular formula is C15H16O3. The van der Waals surface area contributed by atoms with Crippen LogP contribution in [0, 0.1) is 0 Å². The van der Waals surface area contributed by atoms with Gasteiger partial charge in [0.2, 0.25) is 5.78 Å². The Bertz CT molecular complexity index is 479. The summed E-state index contributed by atoms with van der Waals surface area (Å²) in [6, 6.07) is 6.92. The Morgan fingerprint density at radius 1 is 1.00 bits per heavy atom. The van der Waals surface area contributed by atoms with Crippen LogP contribution in [0.2, 0.25) is 0 Å². The number of carbonyl (C=O) groups is 2. The number of hydrogen-bond donors (Lipinski definition) is 0. The molecule has 1 aromatic rings. The maximum absolute atomic E-state index is 12.3. The van der Waals surface area contributed by atoms with Crippen molar-refractivity contribution in [2.45, 2.75) is 26.7 Å². The summed E-state index contributed by atoms with van der Waals surface area (Å²) in [7, 11) is 0. The summed E-state index contributed by atoms with van der Waals surface area (Å²) in [5.41, 5.74) is 1.46. The van der Waals surface area contributed by atoms with Gasteiger partial charge in [-0.25, -0.2) is 0 Å². The van der Waals surface area contributed by atoms with Crippen LogP contribution in [0.15, 0.2) is 35.6 Å². The van der Waals surface area contributed by atoms with Gasteiger partial charge in [0.15, 0.2) is 11.5 Å². The van der Waals surface area contributed by atoms with Gasteiger partial charge in [-0.3, -0.25) is 9.59 Å². The Morgan fingerprint density at radius 2 is 1.61 bits per heavy atom. The van der Waals surface area contributed by atoms with Crippen LogP contribution in [-0.2, 0) is 4.74 Å². The van der Waals surface area contributed by atoms with Gasteiger partial charge < -0.3 is 4.74 Å². The van der Waals surface area contributed by atoms with Gasteiger partial charge in [0.25, 0.3) is 0 Å². The highest BCUT2D eigenvalue weighted by atomic mass is 16.5. The minimum atomic E-state index is -0.171.